The number of carbonyl (C=O) groups excluding carboxylic acids is 1. The number of esters is 1. The zero-order chi connectivity index (χ0) is 22.7. The lowest BCUT2D eigenvalue weighted by atomic mass is 9.83. The number of ether oxygens (including phenoxy) is 1. The lowest BCUT2D eigenvalue weighted by Crippen LogP contribution is -2.20. The van der Waals surface area contributed by atoms with Crippen LogP contribution in [0.25, 0.3) is 0 Å². The molecule has 2 aromatic carbocycles. The number of anilines is 1. The number of carbonyl (C=O) groups is 1. The monoisotopic (exact) mass is 450 g/mol. The molecule has 0 aliphatic heterocycles. The number of benzene rings is 2. The van der Waals surface area contributed by atoms with Gasteiger partial charge in [0.25, 0.3) is 0 Å². The third-order valence-corrected chi connectivity index (χ3v) is 7.68. The van der Waals surface area contributed by atoms with Crippen molar-refractivity contribution in [2.24, 2.45) is 0 Å². The third kappa shape index (κ3) is 4.39. The summed E-state index contributed by atoms with van der Waals surface area (Å²) in [6.07, 6.45) is 5.99. The van der Waals surface area contributed by atoms with E-state index in [-0.39, 0.29) is 5.92 Å². The molecule has 0 saturated heterocycles. The molecule has 1 aliphatic rings. The summed E-state index contributed by atoms with van der Waals surface area (Å²) < 4.78 is 31.1. The number of sulfone groups is 1. The Morgan fingerprint density at radius 3 is 2.75 bits per heavy atom. The average molecular weight is 451 g/mol. The zero-order valence-electron chi connectivity index (χ0n) is 18.2. The number of nitrogens with one attached hydrogen (secondary N) is 1. The number of fused-ring (bicyclic) bond motifs is 1. The molecule has 0 unspecified atom stereocenters. The molecule has 0 bridgehead atoms. The lowest BCUT2D eigenvalue weighted by molar-refractivity contribution is 0.0601. The maximum Gasteiger partial charge on any atom is 0.340 e. The Kier molecular flexibility index (Phi) is 6.28. The van der Waals surface area contributed by atoms with Crippen LogP contribution in [0.2, 0.25) is 0 Å². The number of hydrogen-bond donors (Lipinski definition) is 1. The van der Waals surface area contributed by atoms with Crippen molar-refractivity contribution >= 4 is 21.5 Å². The van der Waals surface area contributed by atoms with Gasteiger partial charge in [-0.1, -0.05) is 18.2 Å². The van der Waals surface area contributed by atoms with Crippen LogP contribution in [0.15, 0.2) is 70.7 Å². The van der Waals surface area contributed by atoms with Crippen LogP contribution in [0.1, 0.15) is 45.8 Å². The minimum atomic E-state index is -3.56. The van der Waals surface area contributed by atoms with Crippen LogP contribution in [0.4, 0.5) is 5.69 Å². The fourth-order valence-electron chi connectivity index (χ4n) is 4.25. The Labute approximate surface area is 188 Å². The Morgan fingerprint density at radius 2 is 1.97 bits per heavy atom. The van der Waals surface area contributed by atoms with Crippen LogP contribution in [-0.2, 0) is 21.0 Å². The van der Waals surface area contributed by atoms with Crippen molar-refractivity contribution in [3.05, 3.63) is 83.2 Å². The third-order valence-electron chi connectivity index (χ3n) is 5.93. The molecule has 0 amide bonds. The molecule has 32 heavy (non-hydrogen) atoms. The number of hydrogen-bond acceptors (Lipinski definition) is 6. The maximum atomic E-state index is 13.1. The van der Waals surface area contributed by atoms with Gasteiger partial charge in [-0.2, -0.15) is 0 Å². The molecule has 1 N–H and O–H groups in total. The molecular formula is C25H26N2O4S. The normalized spacial score (nSPS) is 15.6. The molecule has 1 atom stereocenters. The largest absolute Gasteiger partial charge is 0.465 e. The Morgan fingerprint density at radius 1 is 1.16 bits per heavy atom. The summed E-state index contributed by atoms with van der Waals surface area (Å²) in [5, 5.41) is 3.33. The highest BCUT2D eigenvalue weighted by atomic mass is 32.2. The van der Waals surface area contributed by atoms with E-state index in [0.717, 1.165) is 36.0 Å². The van der Waals surface area contributed by atoms with E-state index in [2.05, 4.69) is 10.3 Å². The number of rotatable bonds is 6. The first-order valence-electron chi connectivity index (χ1n) is 10.6. The van der Waals surface area contributed by atoms with E-state index >= 15 is 0 Å². The summed E-state index contributed by atoms with van der Waals surface area (Å²) in [7, 11) is -2.21. The second kappa shape index (κ2) is 9.12. The topological polar surface area (TPSA) is 85.4 Å². The molecule has 4 rings (SSSR count). The fourth-order valence-corrected chi connectivity index (χ4v) is 5.66. The molecule has 0 spiro atoms. The van der Waals surface area contributed by atoms with E-state index in [1.807, 2.05) is 25.1 Å². The van der Waals surface area contributed by atoms with Crippen LogP contribution < -0.4 is 5.32 Å². The van der Waals surface area contributed by atoms with Crippen LogP contribution in [-0.4, -0.2) is 33.0 Å². The van der Waals surface area contributed by atoms with Crippen molar-refractivity contribution in [3.8, 4) is 0 Å². The van der Waals surface area contributed by atoms with Crippen molar-refractivity contribution in [2.75, 3.05) is 19.0 Å². The van der Waals surface area contributed by atoms with Gasteiger partial charge in [0.2, 0.25) is 9.84 Å². The van der Waals surface area contributed by atoms with E-state index in [1.165, 1.54) is 7.11 Å². The Hall–Kier alpha value is -3.19. The highest BCUT2D eigenvalue weighted by Gasteiger charge is 2.25. The van der Waals surface area contributed by atoms with Gasteiger partial charge < -0.3 is 10.1 Å². The first-order valence-corrected chi connectivity index (χ1v) is 12.1. The van der Waals surface area contributed by atoms with Gasteiger partial charge in [0.15, 0.2) is 0 Å². The van der Waals surface area contributed by atoms with Crippen molar-refractivity contribution in [2.45, 2.75) is 41.9 Å². The second-order valence-corrected chi connectivity index (χ2v) is 10.0. The number of nitrogens with zero attached hydrogens (tertiary/aromatic N) is 1. The summed E-state index contributed by atoms with van der Waals surface area (Å²) in [5.74, 6) is -0.204. The van der Waals surface area contributed by atoms with Crippen molar-refractivity contribution in [1.82, 2.24) is 4.98 Å². The molecule has 0 radical (unpaired) electrons. The number of pyridine rings is 1. The smallest absolute Gasteiger partial charge is 0.340 e. The summed E-state index contributed by atoms with van der Waals surface area (Å²) in [4.78, 5) is 16.8. The van der Waals surface area contributed by atoms with Gasteiger partial charge in [-0.25, -0.2) is 13.2 Å². The molecule has 1 aliphatic carbocycles. The minimum Gasteiger partial charge on any atom is -0.465 e. The predicted molar refractivity (Wildman–Crippen MR) is 123 cm³/mol. The summed E-state index contributed by atoms with van der Waals surface area (Å²) in [5.41, 5.74) is 4.20. The predicted octanol–water partition coefficient (Wildman–Crippen LogP) is 4.54. The molecular weight excluding hydrogens is 424 g/mol. The van der Waals surface area contributed by atoms with Crippen LogP contribution in [0, 0.1) is 6.92 Å². The number of aromatic nitrogens is 1. The van der Waals surface area contributed by atoms with E-state index in [0.29, 0.717) is 27.6 Å². The molecule has 0 saturated carbocycles. The van der Waals surface area contributed by atoms with Crippen molar-refractivity contribution < 1.29 is 17.9 Å². The summed E-state index contributed by atoms with van der Waals surface area (Å²) in [6.45, 7) is 2.50. The first kappa shape index (κ1) is 22.0. The van der Waals surface area contributed by atoms with Gasteiger partial charge in [-0.3, -0.25) is 4.98 Å². The van der Waals surface area contributed by atoms with Crippen molar-refractivity contribution in [3.63, 3.8) is 0 Å². The highest BCUT2D eigenvalue weighted by Crippen LogP contribution is 2.34. The SMILES string of the molecule is COC(=O)c1ccncc1NC[C@@H]1CCCc2cc(S(=O)(=O)c3cccc(C)c3)ccc21. The van der Waals surface area contributed by atoms with Crippen LogP contribution in [0.3, 0.4) is 0 Å². The van der Waals surface area contributed by atoms with E-state index in [1.54, 1.807) is 42.7 Å². The maximum absolute atomic E-state index is 13.1. The number of aryl methyl sites for hydroxylation is 2. The quantitative estimate of drug-likeness (QED) is 0.555. The molecule has 0 fully saturated rings. The number of methoxy groups -OCH3 is 1. The Bertz CT molecular complexity index is 1250. The van der Waals surface area contributed by atoms with Gasteiger partial charge in [0.05, 0.1) is 34.3 Å². The second-order valence-electron chi connectivity index (χ2n) is 8.06. The molecule has 3 aromatic rings. The zero-order valence-corrected chi connectivity index (χ0v) is 19.0. The van der Waals surface area contributed by atoms with Gasteiger partial charge in [-0.05, 0) is 73.2 Å². The summed E-state index contributed by atoms with van der Waals surface area (Å²) >= 11 is 0. The first-order chi connectivity index (χ1) is 15.4. The van der Waals surface area contributed by atoms with Gasteiger partial charge in [0.1, 0.15) is 0 Å². The van der Waals surface area contributed by atoms with E-state index in [4.69, 9.17) is 4.74 Å². The molecule has 6 nitrogen and oxygen atoms in total. The fraction of sp³-hybridized carbons (Fsp3) is 0.280. The molecule has 166 valence electrons. The van der Waals surface area contributed by atoms with E-state index in [9.17, 15) is 13.2 Å². The minimum absolute atomic E-state index is 0.208. The van der Waals surface area contributed by atoms with E-state index < -0.39 is 15.8 Å². The molecule has 1 aromatic heterocycles. The average Bonchev–Trinajstić information content (AvgIpc) is 2.82. The van der Waals surface area contributed by atoms with Gasteiger partial charge in [0, 0.05) is 18.7 Å². The standard InChI is InChI=1S/C25H26N2O4S/c1-17-5-3-8-20(13-17)32(29,30)21-9-10-22-18(14-21)6-4-7-19(22)15-27-24-16-26-12-11-23(24)25(28)31-2/h3,5,8-14,16,19,27H,4,6-7,15H2,1-2H3/t19-/m0/s1. The van der Waals surface area contributed by atoms with Crippen molar-refractivity contribution in [1.29, 1.82) is 0 Å². The van der Waals surface area contributed by atoms with Gasteiger partial charge in [-0.15, -0.1) is 0 Å². The van der Waals surface area contributed by atoms with Crippen LogP contribution in [0.5, 0.6) is 0 Å². The molecule has 7 heteroatoms. The van der Waals surface area contributed by atoms with Crippen LogP contribution >= 0.6 is 0 Å². The lowest BCUT2D eigenvalue weighted by Gasteiger charge is -2.27. The van der Waals surface area contributed by atoms with Gasteiger partial charge >= 0.3 is 5.97 Å². The molecule has 1 heterocycles. The highest BCUT2D eigenvalue weighted by molar-refractivity contribution is 7.91. The Balaban J connectivity index is 1.58. The summed E-state index contributed by atoms with van der Waals surface area (Å²) in [6, 6.07) is 14.1.